The molecule has 1 aromatic carbocycles. The van der Waals surface area contributed by atoms with Crippen LogP contribution in [0.1, 0.15) is 23.2 Å². The van der Waals surface area contributed by atoms with Crippen LogP contribution in [0.2, 0.25) is 0 Å². The minimum atomic E-state index is -0.649. The number of hydrogen-bond donors (Lipinski definition) is 2. The van der Waals surface area contributed by atoms with E-state index in [-0.39, 0.29) is 28.9 Å². The third-order valence-corrected chi connectivity index (χ3v) is 3.46. The van der Waals surface area contributed by atoms with Crippen molar-refractivity contribution in [1.82, 2.24) is 4.90 Å². The maximum atomic E-state index is 11.4. The average molecular weight is 292 g/mol. The number of nitro groups is 1. The summed E-state index contributed by atoms with van der Waals surface area (Å²) in [5.74, 6) is -0.600. The number of anilines is 1. The summed E-state index contributed by atoms with van der Waals surface area (Å²) in [4.78, 5) is 34.7. The van der Waals surface area contributed by atoms with Gasteiger partial charge < -0.3 is 16.0 Å². The highest BCUT2D eigenvalue weighted by Gasteiger charge is 2.25. The maximum absolute atomic E-state index is 11.4. The zero-order valence-corrected chi connectivity index (χ0v) is 11.5. The number of nitrogens with zero attached hydrogens (tertiary/aromatic N) is 2. The predicted molar refractivity (Wildman–Crippen MR) is 75.9 cm³/mol. The number of benzene rings is 1. The van der Waals surface area contributed by atoms with E-state index in [1.807, 2.05) is 0 Å². The van der Waals surface area contributed by atoms with Gasteiger partial charge in [-0.3, -0.25) is 19.7 Å². The lowest BCUT2D eigenvalue weighted by Gasteiger charge is -2.30. The lowest BCUT2D eigenvalue weighted by atomic mass is 10.0. The van der Waals surface area contributed by atoms with E-state index in [1.54, 1.807) is 11.9 Å². The number of nitrogens with one attached hydrogen (secondary N) is 1. The van der Waals surface area contributed by atoms with Crippen molar-refractivity contribution in [3.05, 3.63) is 33.9 Å². The molecule has 1 fully saturated rings. The van der Waals surface area contributed by atoms with E-state index in [0.29, 0.717) is 19.4 Å². The number of hydrogen-bond acceptors (Lipinski definition) is 5. The Kier molecular flexibility index (Phi) is 4.06. The number of piperidine rings is 1. The Morgan fingerprint density at radius 1 is 1.52 bits per heavy atom. The first-order valence-electron chi connectivity index (χ1n) is 6.47. The zero-order chi connectivity index (χ0) is 15.6. The standard InChI is InChI=1S/C13H16N4O4/c1-16-7-9(3-5-12(16)18)15-10-6-8(13(14)19)2-4-11(10)17(20)21/h2,4,6,9,15H,3,5,7H2,1H3,(H2,14,19). The van der Waals surface area contributed by atoms with Crippen molar-refractivity contribution < 1.29 is 14.5 Å². The molecule has 0 saturated carbocycles. The molecule has 1 heterocycles. The average Bonchev–Trinajstić information content (AvgIpc) is 2.42. The Labute approximate surface area is 121 Å². The van der Waals surface area contributed by atoms with Gasteiger partial charge in [0.05, 0.1) is 4.92 Å². The van der Waals surface area contributed by atoms with Gasteiger partial charge in [-0.1, -0.05) is 0 Å². The van der Waals surface area contributed by atoms with Gasteiger partial charge in [0.1, 0.15) is 5.69 Å². The van der Waals surface area contributed by atoms with Gasteiger partial charge >= 0.3 is 0 Å². The monoisotopic (exact) mass is 292 g/mol. The summed E-state index contributed by atoms with van der Waals surface area (Å²) in [6.07, 6.45) is 0.971. The molecule has 1 unspecified atom stereocenters. The molecule has 1 aromatic rings. The van der Waals surface area contributed by atoms with Gasteiger partial charge in [-0.05, 0) is 18.6 Å². The van der Waals surface area contributed by atoms with E-state index in [4.69, 9.17) is 5.73 Å². The van der Waals surface area contributed by atoms with Gasteiger partial charge in [0.15, 0.2) is 0 Å². The largest absolute Gasteiger partial charge is 0.375 e. The molecule has 1 aliphatic heterocycles. The summed E-state index contributed by atoms with van der Waals surface area (Å²) in [5, 5.41) is 14.1. The number of rotatable bonds is 4. The smallest absolute Gasteiger partial charge is 0.292 e. The molecule has 21 heavy (non-hydrogen) atoms. The third kappa shape index (κ3) is 3.28. The van der Waals surface area contributed by atoms with Crippen LogP contribution in [0.4, 0.5) is 11.4 Å². The molecule has 8 nitrogen and oxygen atoms in total. The van der Waals surface area contributed by atoms with Crippen LogP contribution in [-0.2, 0) is 4.79 Å². The lowest BCUT2D eigenvalue weighted by molar-refractivity contribution is -0.384. The molecule has 0 radical (unpaired) electrons. The maximum Gasteiger partial charge on any atom is 0.292 e. The molecule has 1 atom stereocenters. The van der Waals surface area contributed by atoms with Crippen LogP contribution in [0.3, 0.4) is 0 Å². The molecular formula is C13H16N4O4. The quantitative estimate of drug-likeness (QED) is 0.626. The number of carbonyl (C=O) groups is 2. The van der Waals surface area contributed by atoms with Gasteiger partial charge in [-0.25, -0.2) is 0 Å². The molecule has 1 aliphatic rings. The summed E-state index contributed by atoms with van der Waals surface area (Å²) in [6, 6.07) is 3.84. The summed E-state index contributed by atoms with van der Waals surface area (Å²) in [6.45, 7) is 0.455. The minimum absolute atomic E-state index is 0.0495. The molecule has 112 valence electrons. The SMILES string of the molecule is CN1CC(Nc2cc(C(N)=O)ccc2[N+](=O)[O-])CCC1=O. The Hall–Kier alpha value is -2.64. The number of nitrogens with two attached hydrogens (primary N) is 1. The first-order valence-corrected chi connectivity index (χ1v) is 6.47. The molecule has 0 spiro atoms. The predicted octanol–water partition coefficient (Wildman–Crippen LogP) is 0.726. The van der Waals surface area contributed by atoms with E-state index in [0.717, 1.165) is 0 Å². The fraction of sp³-hybridized carbons (Fsp3) is 0.385. The van der Waals surface area contributed by atoms with E-state index >= 15 is 0 Å². The molecule has 1 saturated heterocycles. The van der Waals surface area contributed by atoms with Gasteiger partial charge in [-0.15, -0.1) is 0 Å². The van der Waals surface area contributed by atoms with Gasteiger partial charge in [0, 0.05) is 37.7 Å². The second-order valence-electron chi connectivity index (χ2n) is 5.01. The molecule has 3 N–H and O–H groups in total. The van der Waals surface area contributed by atoms with E-state index in [1.165, 1.54) is 18.2 Å². The first kappa shape index (κ1) is 14.8. The van der Waals surface area contributed by atoms with Crippen LogP contribution in [-0.4, -0.2) is 41.3 Å². The fourth-order valence-electron chi connectivity index (χ4n) is 2.31. The van der Waals surface area contributed by atoms with E-state index in [2.05, 4.69) is 5.32 Å². The highest BCUT2D eigenvalue weighted by Crippen LogP contribution is 2.27. The summed E-state index contributed by atoms with van der Waals surface area (Å²) >= 11 is 0. The Balaban J connectivity index is 2.25. The van der Waals surface area contributed by atoms with Crippen molar-refractivity contribution >= 4 is 23.2 Å². The number of likely N-dealkylation sites (tertiary alicyclic amines) is 1. The first-order chi connectivity index (χ1) is 9.88. The molecule has 0 aromatic heterocycles. The fourth-order valence-corrected chi connectivity index (χ4v) is 2.31. The summed E-state index contributed by atoms with van der Waals surface area (Å²) in [7, 11) is 1.68. The number of carbonyl (C=O) groups excluding carboxylic acids is 2. The highest BCUT2D eigenvalue weighted by atomic mass is 16.6. The normalized spacial score (nSPS) is 18.4. The van der Waals surface area contributed by atoms with Crippen molar-refractivity contribution in [1.29, 1.82) is 0 Å². The van der Waals surface area contributed by atoms with E-state index < -0.39 is 10.8 Å². The zero-order valence-electron chi connectivity index (χ0n) is 11.5. The van der Waals surface area contributed by atoms with Crippen LogP contribution >= 0.6 is 0 Å². The molecular weight excluding hydrogens is 276 g/mol. The Morgan fingerprint density at radius 3 is 2.81 bits per heavy atom. The second-order valence-corrected chi connectivity index (χ2v) is 5.01. The molecule has 2 rings (SSSR count). The van der Waals surface area contributed by atoms with Crippen molar-refractivity contribution in [2.24, 2.45) is 5.73 Å². The van der Waals surface area contributed by atoms with Crippen LogP contribution in [0.25, 0.3) is 0 Å². The van der Waals surface area contributed by atoms with Crippen LogP contribution in [0.15, 0.2) is 18.2 Å². The van der Waals surface area contributed by atoms with E-state index in [9.17, 15) is 19.7 Å². The van der Waals surface area contributed by atoms with Crippen molar-refractivity contribution in [3.8, 4) is 0 Å². The van der Waals surface area contributed by atoms with Gasteiger partial charge in [0.2, 0.25) is 11.8 Å². The summed E-state index contributed by atoms with van der Waals surface area (Å²) < 4.78 is 0. The minimum Gasteiger partial charge on any atom is -0.375 e. The summed E-state index contributed by atoms with van der Waals surface area (Å²) in [5.41, 5.74) is 5.50. The van der Waals surface area contributed by atoms with Gasteiger partial charge in [0.25, 0.3) is 5.69 Å². The number of amides is 2. The third-order valence-electron chi connectivity index (χ3n) is 3.46. The molecule has 0 bridgehead atoms. The van der Waals surface area contributed by atoms with Crippen LogP contribution in [0, 0.1) is 10.1 Å². The molecule has 2 amide bonds. The number of primary amides is 1. The lowest BCUT2D eigenvalue weighted by Crippen LogP contribution is -2.43. The van der Waals surface area contributed by atoms with Crippen molar-refractivity contribution in [2.45, 2.75) is 18.9 Å². The number of likely N-dealkylation sites (N-methyl/N-ethyl adjacent to an activating group) is 1. The second kappa shape index (κ2) is 5.78. The number of nitro benzene ring substituents is 1. The van der Waals surface area contributed by atoms with Crippen LogP contribution in [0.5, 0.6) is 0 Å². The van der Waals surface area contributed by atoms with Gasteiger partial charge in [-0.2, -0.15) is 0 Å². The van der Waals surface area contributed by atoms with Crippen molar-refractivity contribution in [3.63, 3.8) is 0 Å². The molecule has 0 aliphatic carbocycles. The van der Waals surface area contributed by atoms with Crippen LogP contribution < -0.4 is 11.1 Å². The van der Waals surface area contributed by atoms with Crippen molar-refractivity contribution in [2.75, 3.05) is 18.9 Å². The topological polar surface area (TPSA) is 119 Å². The highest BCUT2D eigenvalue weighted by molar-refractivity contribution is 5.94. The Morgan fingerprint density at radius 2 is 2.24 bits per heavy atom. The Bertz CT molecular complexity index is 602. The molecule has 8 heteroatoms.